The van der Waals surface area contributed by atoms with E-state index in [9.17, 15) is 0 Å². The standard InChI is InChI=1S/C14H17NO/c1-3-15-9-11(2)8-12-10-16-14-7-5-4-6-13(12)14/h4-8,10,15H,3,9H2,1-2H3/b11-8+. The molecule has 1 heterocycles. The SMILES string of the molecule is CCNC/C(C)=C/c1coc2ccccc12. The van der Waals surface area contributed by atoms with E-state index in [0.29, 0.717) is 0 Å². The Bertz CT molecular complexity index is 496. The minimum Gasteiger partial charge on any atom is -0.464 e. The fourth-order valence-corrected chi connectivity index (χ4v) is 1.75. The van der Waals surface area contributed by atoms with Gasteiger partial charge in [-0.3, -0.25) is 0 Å². The van der Waals surface area contributed by atoms with Gasteiger partial charge in [-0.1, -0.05) is 36.8 Å². The average Bonchev–Trinajstić information content (AvgIpc) is 2.70. The Labute approximate surface area is 96.0 Å². The van der Waals surface area contributed by atoms with Crippen LogP contribution >= 0.6 is 0 Å². The van der Waals surface area contributed by atoms with Crippen LogP contribution in [0.3, 0.4) is 0 Å². The molecule has 0 amide bonds. The lowest BCUT2D eigenvalue weighted by molar-refractivity contribution is 0.615. The molecule has 2 aromatic rings. The zero-order valence-electron chi connectivity index (χ0n) is 9.79. The number of furan rings is 1. The highest BCUT2D eigenvalue weighted by molar-refractivity contribution is 5.87. The van der Waals surface area contributed by atoms with E-state index in [1.165, 1.54) is 11.0 Å². The number of hydrogen-bond acceptors (Lipinski definition) is 2. The van der Waals surface area contributed by atoms with Gasteiger partial charge in [0.1, 0.15) is 5.58 Å². The Morgan fingerprint density at radius 1 is 1.38 bits per heavy atom. The van der Waals surface area contributed by atoms with E-state index < -0.39 is 0 Å². The maximum absolute atomic E-state index is 5.49. The van der Waals surface area contributed by atoms with Gasteiger partial charge >= 0.3 is 0 Å². The largest absolute Gasteiger partial charge is 0.464 e. The molecule has 0 atom stereocenters. The molecule has 0 saturated carbocycles. The van der Waals surface area contributed by atoms with Crippen molar-refractivity contribution in [2.24, 2.45) is 0 Å². The number of rotatable bonds is 4. The van der Waals surface area contributed by atoms with Crippen LogP contribution in [-0.4, -0.2) is 13.1 Å². The number of para-hydroxylation sites is 1. The van der Waals surface area contributed by atoms with Crippen LogP contribution < -0.4 is 5.32 Å². The highest BCUT2D eigenvalue weighted by Gasteiger charge is 2.02. The molecule has 0 spiro atoms. The van der Waals surface area contributed by atoms with Crippen molar-refractivity contribution in [1.29, 1.82) is 0 Å². The third-order valence-corrected chi connectivity index (χ3v) is 2.57. The van der Waals surface area contributed by atoms with E-state index in [1.54, 1.807) is 0 Å². The van der Waals surface area contributed by atoms with Gasteiger partial charge in [-0.05, 0) is 19.5 Å². The second-order valence-corrected chi connectivity index (χ2v) is 3.96. The van der Waals surface area contributed by atoms with Gasteiger partial charge < -0.3 is 9.73 Å². The molecular formula is C14H17NO. The van der Waals surface area contributed by atoms with Crippen molar-refractivity contribution in [3.05, 3.63) is 41.7 Å². The van der Waals surface area contributed by atoms with Crippen LogP contribution in [0.1, 0.15) is 19.4 Å². The first-order valence-electron chi connectivity index (χ1n) is 5.65. The lowest BCUT2D eigenvalue weighted by atomic mass is 10.1. The Balaban J connectivity index is 2.27. The van der Waals surface area contributed by atoms with Gasteiger partial charge in [0.2, 0.25) is 0 Å². The molecule has 0 saturated heterocycles. The second kappa shape index (κ2) is 4.99. The lowest BCUT2D eigenvalue weighted by Gasteiger charge is -2.00. The fraction of sp³-hybridized carbons (Fsp3) is 0.286. The van der Waals surface area contributed by atoms with Crippen molar-refractivity contribution < 1.29 is 4.42 Å². The van der Waals surface area contributed by atoms with Crippen molar-refractivity contribution in [3.8, 4) is 0 Å². The molecule has 0 fully saturated rings. The average molecular weight is 215 g/mol. The number of fused-ring (bicyclic) bond motifs is 1. The maximum Gasteiger partial charge on any atom is 0.134 e. The molecule has 0 bridgehead atoms. The number of nitrogens with one attached hydrogen (secondary N) is 1. The van der Waals surface area contributed by atoms with Crippen LogP contribution in [-0.2, 0) is 0 Å². The minimum atomic E-state index is 0.927. The van der Waals surface area contributed by atoms with Crippen LogP contribution in [0.2, 0.25) is 0 Å². The molecule has 1 N–H and O–H groups in total. The highest BCUT2D eigenvalue weighted by Crippen LogP contribution is 2.22. The second-order valence-electron chi connectivity index (χ2n) is 3.96. The fourth-order valence-electron chi connectivity index (χ4n) is 1.75. The molecule has 2 nitrogen and oxygen atoms in total. The molecule has 2 rings (SSSR count). The summed E-state index contributed by atoms with van der Waals surface area (Å²) in [5.41, 5.74) is 3.42. The van der Waals surface area contributed by atoms with Crippen molar-refractivity contribution in [2.75, 3.05) is 13.1 Å². The summed E-state index contributed by atoms with van der Waals surface area (Å²) in [6, 6.07) is 8.11. The number of hydrogen-bond donors (Lipinski definition) is 1. The number of benzene rings is 1. The summed E-state index contributed by atoms with van der Waals surface area (Å²) in [6.07, 6.45) is 3.99. The predicted octanol–water partition coefficient (Wildman–Crippen LogP) is 3.45. The first kappa shape index (κ1) is 11.0. The highest BCUT2D eigenvalue weighted by atomic mass is 16.3. The Kier molecular flexibility index (Phi) is 3.42. The Morgan fingerprint density at radius 3 is 3.00 bits per heavy atom. The summed E-state index contributed by atoms with van der Waals surface area (Å²) in [7, 11) is 0. The summed E-state index contributed by atoms with van der Waals surface area (Å²) < 4.78 is 5.49. The van der Waals surface area contributed by atoms with Gasteiger partial charge in [-0.15, -0.1) is 0 Å². The van der Waals surface area contributed by atoms with Crippen LogP contribution in [0.5, 0.6) is 0 Å². The van der Waals surface area contributed by atoms with Gasteiger partial charge in [0.05, 0.1) is 6.26 Å². The Morgan fingerprint density at radius 2 is 2.19 bits per heavy atom. The molecule has 0 aliphatic carbocycles. The van der Waals surface area contributed by atoms with Gasteiger partial charge in [0.25, 0.3) is 0 Å². The van der Waals surface area contributed by atoms with Gasteiger partial charge in [0.15, 0.2) is 0 Å². The van der Waals surface area contributed by atoms with Crippen LogP contribution in [0.25, 0.3) is 17.0 Å². The summed E-state index contributed by atoms with van der Waals surface area (Å²) in [4.78, 5) is 0. The minimum absolute atomic E-state index is 0.927. The molecule has 16 heavy (non-hydrogen) atoms. The molecule has 0 radical (unpaired) electrons. The zero-order chi connectivity index (χ0) is 11.4. The zero-order valence-corrected chi connectivity index (χ0v) is 9.79. The van der Waals surface area contributed by atoms with E-state index >= 15 is 0 Å². The molecule has 84 valence electrons. The predicted molar refractivity (Wildman–Crippen MR) is 68.4 cm³/mol. The molecule has 1 aromatic carbocycles. The van der Waals surface area contributed by atoms with E-state index in [-0.39, 0.29) is 0 Å². The summed E-state index contributed by atoms with van der Waals surface area (Å²) in [5.74, 6) is 0. The smallest absolute Gasteiger partial charge is 0.134 e. The summed E-state index contributed by atoms with van der Waals surface area (Å²) in [5, 5.41) is 4.49. The van der Waals surface area contributed by atoms with Crippen molar-refractivity contribution in [1.82, 2.24) is 5.32 Å². The molecule has 0 aliphatic rings. The van der Waals surface area contributed by atoms with Crippen LogP contribution in [0.4, 0.5) is 0 Å². The van der Waals surface area contributed by atoms with E-state index in [0.717, 1.165) is 24.2 Å². The third kappa shape index (κ3) is 2.34. The van der Waals surface area contributed by atoms with Gasteiger partial charge in [-0.25, -0.2) is 0 Å². The third-order valence-electron chi connectivity index (χ3n) is 2.57. The number of likely N-dealkylation sites (N-methyl/N-ethyl adjacent to an activating group) is 1. The van der Waals surface area contributed by atoms with E-state index in [1.807, 2.05) is 24.5 Å². The molecular weight excluding hydrogens is 198 g/mol. The topological polar surface area (TPSA) is 25.2 Å². The summed E-state index contributed by atoms with van der Waals surface area (Å²) in [6.45, 7) is 6.16. The monoisotopic (exact) mass is 215 g/mol. The van der Waals surface area contributed by atoms with E-state index in [4.69, 9.17) is 4.42 Å². The Hall–Kier alpha value is -1.54. The quantitative estimate of drug-likeness (QED) is 0.845. The molecule has 0 aliphatic heterocycles. The first-order valence-corrected chi connectivity index (χ1v) is 5.65. The molecule has 1 aromatic heterocycles. The molecule has 0 unspecified atom stereocenters. The van der Waals surface area contributed by atoms with Crippen LogP contribution in [0.15, 0.2) is 40.5 Å². The van der Waals surface area contributed by atoms with Crippen molar-refractivity contribution >= 4 is 17.0 Å². The van der Waals surface area contributed by atoms with Crippen LogP contribution in [0, 0.1) is 0 Å². The summed E-state index contributed by atoms with van der Waals surface area (Å²) >= 11 is 0. The lowest BCUT2D eigenvalue weighted by Crippen LogP contribution is -2.14. The van der Waals surface area contributed by atoms with Crippen molar-refractivity contribution in [2.45, 2.75) is 13.8 Å². The normalized spacial score (nSPS) is 12.2. The maximum atomic E-state index is 5.49. The molecule has 2 heteroatoms. The van der Waals surface area contributed by atoms with E-state index in [2.05, 4.69) is 31.3 Å². The first-order chi connectivity index (χ1) is 7.81. The van der Waals surface area contributed by atoms with Gasteiger partial charge in [0, 0.05) is 17.5 Å². The van der Waals surface area contributed by atoms with Crippen molar-refractivity contribution in [3.63, 3.8) is 0 Å². The van der Waals surface area contributed by atoms with Gasteiger partial charge in [-0.2, -0.15) is 0 Å².